The summed E-state index contributed by atoms with van der Waals surface area (Å²) >= 11 is 1.27. The molecule has 0 bridgehead atoms. The number of fused-ring (bicyclic) bond motifs is 1. The van der Waals surface area contributed by atoms with Gasteiger partial charge in [0, 0.05) is 25.1 Å². The molecular formula is C23H22FN3O2S. The van der Waals surface area contributed by atoms with Gasteiger partial charge in [-0.05, 0) is 36.6 Å². The number of benzene rings is 2. The van der Waals surface area contributed by atoms with E-state index in [4.69, 9.17) is 0 Å². The molecule has 1 N–H and O–H groups in total. The zero-order valence-electron chi connectivity index (χ0n) is 17.0. The number of nitrogens with one attached hydrogen (secondary N) is 1. The minimum absolute atomic E-state index is 0.139. The number of carbonyl (C=O) groups is 1. The van der Waals surface area contributed by atoms with Crippen molar-refractivity contribution in [2.24, 2.45) is 7.05 Å². The lowest BCUT2D eigenvalue weighted by atomic mass is 9.84. The maximum absolute atomic E-state index is 13.9. The predicted octanol–water partition coefficient (Wildman–Crippen LogP) is 4.30. The molecule has 2 heterocycles. The maximum Gasteiger partial charge on any atom is 0.279 e. The lowest BCUT2D eigenvalue weighted by molar-refractivity contribution is -0.116. The largest absolute Gasteiger partial charge is 0.312 e. The van der Waals surface area contributed by atoms with E-state index < -0.39 is 0 Å². The molecule has 1 aromatic heterocycles. The van der Waals surface area contributed by atoms with Crippen molar-refractivity contribution in [2.75, 3.05) is 5.32 Å². The molecule has 1 aliphatic heterocycles. The second kappa shape index (κ2) is 8.07. The lowest BCUT2D eigenvalue weighted by Gasteiger charge is -2.28. The van der Waals surface area contributed by atoms with Crippen molar-refractivity contribution in [3.8, 4) is 0 Å². The molecule has 0 fully saturated rings. The van der Waals surface area contributed by atoms with Gasteiger partial charge in [-0.1, -0.05) is 53.7 Å². The van der Waals surface area contributed by atoms with E-state index in [0.29, 0.717) is 27.9 Å². The van der Waals surface area contributed by atoms with E-state index in [-0.39, 0.29) is 29.6 Å². The Kier molecular flexibility index (Phi) is 5.47. The summed E-state index contributed by atoms with van der Waals surface area (Å²) in [4.78, 5) is 29.8. The molecule has 1 amide bonds. The zero-order valence-corrected chi connectivity index (χ0v) is 17.8. The van der Waals surface area contributed by atoms with E-state index in [2.05, 4.69) is 10.3 Å². The maximum atomic E-state index is 13.9. The highest BCUT2D eigenvalue weighted by Gasteiger charge is 2.32. The van der Waals surface area contributed by atoms with Gasteiger partial charge in [-0.3, -0.25) is 9.59 Å². The van der Waals surface area contributed by atoms with Crippen LogP contribution in [0.3, 0.4) is 0 Å². The number of hydrogen-bond donors (Lipinski definition) is 1. The molecular weight excluding hydrogens is 401 g/mol. The average molecular weight is 424 g/mol. The molecule has 4 rings (SSSR count). The number of aromatic nitrogens is 2. The number of aryl methyl sites for hydroxylation is 2. The van der Waals surface area contributed by atoms with Crippen LogP contribution < -0.4 is 10.9 Å². The molecule has 5 nitrogen and oxygen atoms in total. The molecule has 2 aromatic carbocycles. The smallest absolute Gasteiger partial charge is 0.279 e. The quantitative estimate of drug-likeness (QED) is 0.502. The predicted molar refractivity (Wildman–Crippen MR) is 116 cm³/mol. The first-order chi connectivity index (χ1) is 14.3. The fraction of sp³-hybridized carbons (Fsp3) is 0.261. The molecule has 0 saturated heterocycles. The molecule has 1 atom stereocenters. The highest BCUT2D eigenvalue weighted by molar-refractivity contribution is 7.98. The molecule has 0 radical (unpaired) electrons. The second-order valence-corrected chi connectivity index (χ2v) is 8.51. The average Bonchev–Trinajstić information content (AvgIpc) is 2.71. The molecule has 7 heteroatoms. The third-order valence-corrected chi connectivity index (χ3v) is 6.50. The van der Waals surface area contributed by atoms with Crippen molar-refractivity contribution in [2.45, 2.75) is 37.1 Å². The minimum Gasteiger partial charge on any atom is -0.312 e. The Morgan fingerprint density at radius 1 is 1.20 bits per heavy atom. The first kappa shape index (κ1) is 20.3. The number of hydrogen-bond acceptors (Lipinski definition) is 4. The highest BCUT2D eigenvalue weighted by atomic mass is 32.2. The summed E-state index contributed by atoms with van der Waals surface area (Å²) in [6, 6.07) is 12.6. The van der Waals surface area contributed by atoms with E-state index in [9.17, 15) is 14.0 Å². The van der Waals surface area contributed by atoms with Crippen LogP contribution in [0.25, 0.3) is 0 Å². The van der Waals surface area contributed by atoms with Gasteiger partial charge >= 0.3 is 0 Å². The van der Waals surface area contributed by atoms with Gasteiger partial charge in [0.15, 0.2) is 5.16 Å². The summed E-state index contributed by atoms with van der Waals surface area (Å²) in [5.41, 5.74) is 3.76. The number of anilines is 1. The Balaban J connectivity index is 1.76. The number of halogens is 1. The normalized spacial score (nSPS) is 15.6. The zero-order chi connectivity index (χ0) is 21.4. The van der Waals surface area contributed by atoms with Crippen molar-refractivity contribution >= 4 is 23.5 Å². The van der Waals surface area contributed by atoms with Crippen LogP contribution in [0.15, 0.2) is 52.4 Å². The summed E-state index contributed by atoms with van der Waals surface area (Å²) in [6.45, 7) is 3.98. The van der Waals surface area contributed by atoms with E-state index >= 15 is 0 Å². The molecule has 0 spiro atoms. The molecule has 30 heavy (non-hydrogen) atoms. The van der Waals surface area contributed by atoms with Crippen molar-refractivity contribution in [1.82, 2.24) is 9.55 Å². The molecule has 3 aromatic rings. The highest BCUT2D eigenvalue weighted by Crippen LogP contribution is 2.37. The van der Waals surface area contributed by atoms with Crippen molar-refractivity contribution in [1.29, 1.82) is 0 Å². The number of amides is 1. The Hall–Kier alpha value is -2.93. The number of nitrogens with zero attached hydrogens (tertiary/aromatic N) is 2. The van der Waals surface area contributed by atoms with Crippen LogP contribution in [0, 0.1) is 19.7 Å². The van der Waals surface area contributed by atoms with Crippen molar-refractivity contribution in [3.05, 3.63) is 86.5 Å². The Bertz CT molecular complexity index is 1210. The van der Waals surface area contributed by atoms with Gasteiger partial charge in [-0.15, -0.1) is 0 Å². The van der Waals surface area contributed by atoms with Gasteiger partial charge in [-0.2, -0.15) is 4.98 Å². The van der Waals surface area contributed by atoms with Gasteiger partial charge in [0.05, 0.1) is 5.56 Å². The van der Waals surface area contributed by atoms with Crippen molar-refractivity contribution < 1.29 is 9.18 Å². The van der Waals surface area contributed by atoms with E-state index in [1.807, 2.05) is 32.0 Å². The Morgan fingerprint density at radius 3 is 2.73 bits per heavy atom. The Morgan fingerprint density at radius 2 is 1.97 bits per heavy atom. The SMILES string of the molecule is Cc1ccc(C)c([C@H]2CC(=O)Nc3c2c(=O)nc(SCc2ccccc2F)n3C)c1. The lowest BCUT2D eigenvalue weighted by Crippen LogP contribution is -2.33. The van der Waals surface area contributed by atoms with E-state index in [0.717, 1.165) is 16.7 Å². The van der Waals surface area contributed by atoms with Crippen LogP contribution in [0.2, 0.25) is 0 Å². The summed E-state index contributed by atoms with van der Waals surface area (Å²) in [6.07, 6.45) is 0.204. The van der Waals surface area contributed by atoms with Crippen LogP contribution in [0.5, 0.6) is 0 Å². The van der Waals surface area contributed by atoms with Crippen LogP contribution in [0.4, 0.5) is 10.2 Å². The summed E-state index contributed by atoms with van der Waals surface area (Å²) < 4.78 is 15.7. The van der Waals surface area contributed by atoms with Crippen LogP contribution in [-0.2, 0) is 17.6 Å². The van der Waals surface area contributed by atoms with Gasteiger partial charge in [0.1, 0.15) is 11.6 Å². The fourth-order valence-electron chi connectivity index (χ4n) is 3.82. The number of thioether (sulfide) groups is 1. The first-order valence-electron chi connectivity index (χ1n) is 9.69. The van der Waals surface area contributed by atoms with Crippen molar-refractivity contribution in [3.63, 3.8) is 0 Å². The number of carbonyl (C=O) groups excluding carboxylic acids is 1. The first-order valence-corrected chi connectivity index (χ1v) is 10.7. The molecule has 0 aliphatic carbocycles. The van der Waals surface area contributed by atoms with Gasteiger partial charge in [0.25, 0.3) is 5.56 Å². The molecule has 1 aliphatic rings. The number of rotatable bonds is 4. The van der Waals surface area contributed by atoms with Crippen LogP contribution >= 0.6 is 11.8 Å². The molecule has 154 valence electrons. The van der Waals surface area contributed by atoms with Crippen LogP contribution in [-0.4, -0.2) is 15.5 Å². The van der Waals surface area contributed by atoms with Gasteiger partial charge in [-0.25, -0.2) is 4.39 Å². The topological polar surface area (TPSA) is 64.0 Å². The third-order valence-electron chi connectivity index (χ3n) is 5.43. The molecule has 0 unspecified atom stereocenters. The molecule has 0 saturated carbocycles. The summed E-state index contributed by atoms with van der Waals surface area (Å²) in [5.74, 6) is 0.0228. The Labute approximate surface area is 178 Å². The van der Waals surface area contributed by atoms with E-state index in [1.165, 1.54) is 17.8 Å². The minimum atomic E-state index is -0.356. The monoisotopic (exact) mass is 423 g/mol. The summed E-state index contributed by atoms with van der Waals surface area (Å²) in [5, 5.41) is 3.28. The van der Waals surface area contributed by atoms with Gasteiger partial charge < -0.3 is 9.88 Å². The van der Waals surface area contributed by atoms with Gasteiger partial charge in [0.2, 0.25) is 5.91 Å². The summed E-state index contributed by atoms with van der Waals surface area (Å²) in [7, 11) is 1.76. The fourth-order valence-corrected chi connectivity index (χ4v) is 4.77. The second-order valence-electron chi connectivity index (χ2n) is 7.57. The van der Waals surface area contributed by atoms with E-state index in [1.54, 1.807) is 29.8 Å². The van der Waals surface area contributed by atoms with Crippen LogP contribution in [0.1, 0.15) is 40.2 Å². The third kappa shape index (κ3) is 3.77. The standard InChI is InChI=1S/C23H22FN3O2S/c1-13-8-9-14(2)16(10-13)17-11-19(28)25-21-20(17)22(29)26-23(27(21)3)30-12-15-6-4-5-7-18(15)24/h4-10,17H,11-12H2,1-3H3,(H,25,28)/t17-/m1/s1.